The Morgan fingerprint density at radius 3 is 2.30 bits per heavy atom. The summed E-state index contributed by atoms with van der Waals surface area (Å²) in [6.07, 6.45) is -0.184. The fourth-order valence-corrected chi connectivity index (χ4v) is 3.93. The monoisotopic (exact) mass is 444 g/mol. The van der Waals surface area contributed by atoms with E-state index < -0.39 is 16.1 Å². The fraction of sp³-hybridized carbons (Fsp3) is 0.136. The zero-order valence-electron chi connectivity index (χ0n) is 16.2. The topological polar surface area (TPSA) is 84.5 Å². The minimum absolute atomic E-state index is 0.0630. The van der Waals surface area contributed by atoms with Crippen LogP contribution >= 0.6 is 11.6 Å². The molecule has 0 heterocycles. The predicted octanol–water partition coefficient (Wildman–Crippen LogP) is 4.94. The summed E-state index contributed by atoms with van der Waals surface area (Å²) < 4.78 is 33.3. The number of sulfonamides is 1. The third-order valence-corrected chi connectivity index (χ3v) is 5.83. The highest BCUT2D eigenvalue weighted by molar-refractivity contribution is 7.92. The first kappa shape index (κ1) is 21.7. The molecule has 0 bridgehead atoms. The Bertz CT molecular complexity index is 1100. The number of amides is 1. The van der Waals surface area contributed by atoms with E-state index in [2.05, 4.69) is 10.0 Å². The van der Waals surface area contributed by atoms with Crippen molar-refractivity contribution in [1.29, 1.82) is 0 Å². The number of anilines is 2. The van der Waals surface area contributed by atoms with Crippen LogP contribution in [-0.4, -0.2) is 20.4 Å². The second-order valence-electron chi connectivity index (χ2n) is 6.46. The van der Waals surface area contributed by atoms with Crippen molar-refractivity contribution in [2.24, 2.45) is 0 Å². The molecule has 0 fully saturated rings. The highest BCUT2D eigenvalue weighted by atomic mass is 35.5. The molecule has 8 heteroatoms. The Morgan fingerprint density at radius 1 is 0.967 bits per heavy atom. The molecule has 6 nitrogen and oxygen atoms in total. The molecular weight excluding hydrogens is 424 g/mol. The summed E-state index contributed by atoms with van der Waals surface area (Å²) in [6, 6.07) is 21.4. The van der Waals surface area contributed by atoms with Crippen LogP contribution in [0.4, 0.5) is 11.4 Å². The van der Waals surface area contributed by atoms with Crippen LogP contribution in [0.1, 0.15) is 13.3 Å². The molecule has 0 spiro atoms. The van der Waals surface area contributed by atoms with Crippen molar-refractivity contribution in [3.8, 4) is 5.75 Å². The Hall–Kier alpha value is -3.03. The summed E-state index contributed by atoms with van der Waals surface area (Å²) in [4.78, 5) is 12.6. The standard InChI is InChI=1S/C22H21ClN2O4S/c1-2-21(29-19-9-4-3-5-10-19)22(26)24-17-11-13-20(14-12-17)30(27,28)25-18-8-6-7-16(23)15-18/h3-15,21,25H,2H2,1H3,(H,24,26)/t21-/m1/s1. The lowest BCUT2D eigenvalue weighted by Gasteiger charge is -2.17. The van der Waals surface area contributed by atoms with Crippen LogP contribution in [0.3, 0.4) is 0 Å². The molecule has 3 aromatic rings. The van der Waals surface area contributed by atoms with Crippen molar-refractivity contribution < 1.29 is 17.9 Å². The average Bonchev–Trinajstić information content (AvgIpc) is 2.73. The number of hydrogen-bond acceptors (Lipinski definition) is 4. The molecule has 1 atom stereocenters. The smallest absolute Gasteiger partial charge is 0.265 e. The van der Waals surface area contributed by atoms with Crippen LogP contribution < -0.4 is 14.8 Å². The van der Waals surface area contributed by atoms with Gasteiger partial charge in [-0.15, -0.1) is 0 Å². The molecule has 0 aliphatic heterocycles. The van der Waals surface area contributed by atoms with Gasteiger partial charge in [0.15, 0.2) is 6.10 Å². The number of ether oxygens (including phenoxy) is 1. The van der Waals surface area contributed by atoms with Crippen LogP contribution in [0, 0.1) is 0 Å². The maximum atomic E-state index is 12.5. The van der Waals surface area contributed by atoms with E-state index >= 15 is 0 Å². The SMILES string of the molecule is CC[C@@H](Oc1ccccc1)C(=O)Nc1ccc(S(=O)(=O)Nc2cccc(Cl)c2)cc1. The van der Waals surface area contributed by atoms with Gasteiger partial charge in [-0.2, -0.15) is 0 Å². The summed E-state index contributed by atoms with van der Waals surface area (Å²) in [5, 5.41) is 3.18. The first-order chi connectivity index (χ1) is 14.4. The number of rotatable bonds is 8. The van der Waals surface area contributed by atoms with Crippen LogP contribution in [-0.2, 0) is 14.8 Å². The van der Waals surface area contributed by atoms with Crippen LogP contribution in [0.15, 0.2) is 83.8 Å². The second-order valence-corrected chi connectivity index (χ2v) is 8.58. The van der Waals surface area contributed by atoms with Crippen LogP contribution in [0.2, 0.25) is 5.02 Å². The van der Waals surface area contributed by atoms with E-state index in [1.54, 1.807) is 30.3 Å². The third kappa shape index (κ3) is 5.75. The number of halogens is 1. The van der Waals surface area contributed by atoms with Gasteiger partial charge in [0.25, 0.3) is 15.9 Å². The largest absolute Gasteiger partial charge is 0.481 e. The summed E-state index contributed by atoms with van der Waals surface area (Å²) in [6.45, 7) is 1.85. The van der Waals surface area contributed by atoms with E-state index in [4.69, 9.17) is 16.3 Å². The molecule has 3 rings (SSSR count). The van der Waals surface area contributed by atoms with Crippen molar-refractivity contribution in [2.45, 2.75) is 24.3 Å². The van der Waals surface area contributed by atoms with Gasteiger partial charge in [-0.05, 0) is 61.0 Å². The molecule has 0 radical (unpaired) electrons. The van der Waals surface area contributed by atoms with Crippen molar-refractivity contribution in [3.05, 3.63) is 83.9 Å². The molecule has 0 aromatic heterocycles. The Kier molecular flexibility index (Phi) is 6.97. The number of hydrogen-bond donors (Lipinski definition) is 2. The number of benzene rings is 3. The molecule has 2 N–H and O–H groups in total. The van der Waals surface area contributed by atoms with Gasteiger partial charge in [-0.1, -0.05) is 42.8 Å². The predicted molar refractivity (Wildman–Crippen MR) is 118 cm³/mol. The highest BCUT2D eigenvalue weighted by Gasteiger charge is 2.19. The van der Waals surface area contributed by atoms with E-state index in [0.717, 1.165) is 0 Å². The van der Waals surface area contributed by atoms with Gasteiger partial charge in [-0.25, -0.2) is 8.42 Å². The van der Waals surface area contributed by atoms with Gasteiger partial charge in [0.2, 0.25) is 0 Å². The Labute approximate surface area is 180 Å². The van der Waals surface area contributed by atoms with Gasteiger partial charge < -0.3 is 10.1 Å². The minimum atomic E-state index is -3.78. The maximum absolute atomic E-state index is 12.5. The van der Waals surface area contributed by atoms with Gasteiger partial charge in [0.1, 0.15) is 5.75 Å². The molecule has 0 aliphatic rings. The Balaban J connectivity index is 1.66. The quantitative estimate of drug-likeness (QED) is 0.515. The van der Waals surface area contributed by atoms with Gasteiger partial charge in [0, 0.05) is 10.7 Å². The molecule has 0 saturated carbocycles. The van der Waals surface area contributed by atoms with E-state index in [1.165, 1.54) is 30.3 Å². The van der Waals surface area contributed by atoms with Crippen molar-refractivity contribution in [3.63, 3.8) is 0 Å². The minimum Gasteiger partial charge on any atom is -0.481 e. The molecule has 0 saturated heterocycles. The number of nitrogens with one attached hydrogen (secondary N) is 2. The molecule has 1 amide bonds. The lowest BCUT2D eigenvalue weighted by molar-refractivity contribution is -0.122. The van der Waals surface area contributed by atoms with Crippen molar-refractivity contribution >= 4 is 38.9 Å². The number of carbonyl (C=O) groups is 1. The van der Waals surface area contributed by atoms with Crippen LogP contribution in [0.25, 0.3) is 0 Å². The first-order valence-corrected chi connectivity index (χ1v) is 11.1. The van der Waals surface area contributed by atoms with Gasteiger partial charge >= 0.3 is 0 Å². The normalized spacial score (nSPS) is 12.1. The summed E-state index contributed by atoms with van der Waals surface area (Å²) in [7, 11) is -3.78. The fourth-order valence-electron chi connectivity index (χ4n) is 2.69. The van der Waals surface area contributed by atoms with E-state index in [1.807, 2.05) is 25.1 Å². The van der Waals surface area contributed by atoms with Crippen molar-refractivity contribution in [1.82, 2.24) is 0 Å². The first-order valence-electron chi connectivity index (χ1n) is 9.28. The molecular formula is C22H21ClN2O4S. The summed E-state index contributed by atoms with van der Waals surface area (Å²) >= 11 is 5.89. The molecule has 156 valence electrons. The lowest BCUT2D eigenvalue weighted by atomic mass is 10.2. The van der Waals surface area contributed by atoms with E-state index in [0.29, 0.717) is 28.6 Å². The molecule has 3 aromatic carbocycles. The molecule has 30 heavy (non-hydrogen) atoms. The van der Waals surface area contributed by atoms with Gasteiger partial charge in [0.05, 0.1) is 10.6 Å². The van der Waals surface area contributed by atoms with Gasteiger partial charge in [-0.3, -0.25) is 9.52 Å². The summed E-state index contributed by atoms with van der Waals surface area (Å²) in [5.74, 6) is 0.294. The molecule has 0 aliphatic carbocycles. The third-order valence-electron chi connectivity index (χ3n) is 4.19. The second kappa shape index (κ2) is 9.65. The number of para-hydroxylation sites is 1. The average molecular weight is 445 g/mol. The number of carbonyl (C=O) groups excluding carboxylic acids is 1. The van der Waals surface area contributed by atoms with E-state index in [-0.39, 0.29) is 10.8 Å². The van der Waals surface area contributed by atoms with Crippen LogP contribution in [0.5, 0.6) is 5.75 Å². The highest BCUT2D eigenvalue weighted by Crippen LogP contribution is 2.21. The maximum Gasteiger partial charge on any atom is 0.265 e. The molecule has 0 unspecified atom stereocenters. The van der Waals surface area contributed by atoms with Crippen molar-refractivity contribution in [2.75, 3.05) is 10.0 Å². The zero-order valence-corrected chi connectivity index (χ0v) is 17.8. The summed E-state index contributed by atoms with van der Waals surface area (Å²) in [5.41, 5.74) is 0.834. The lowest BCUT2D eigenvalue weighted by Crippen LogP contribution is -2.32. The zero-order chi connectivity index (χ0) is 21.6. The Morgan fingerprint density at radius 2 is 1.67 bits per heavy atom. The van der Waals surface area contributed by atoms with E-state index in [9.17, 15) is 13.2 Å².